The minimum Gasteiger partial charge on any atom is -0.454 e. The second-order valence-corrected chi connectivity index (χ2v) is 3.71. The molecule has 0 saturated carbocycles. The molecule has 0 aromatic heterocycles. The van der Waals surface area contributed by atoms with Gasteiger partial charge in [0.25, 0.3) is 0 Å². The zero-order valence-electron chi connectivity index (χ0n) is 8.89. The van der Waals surface area contributed by atoms with Gasteiger partial charge in [-0.2, -0.15) is 0 Å². The smallest absolute Gasteiger partial charge is 0.231 e. The maximum Gasteiger partial charge on any atom is 0.231 e. The normalized spacial score (nSPS) is 15.1. The van der Waals surface area contributed by atoms with Crippen LogP contribution in [0.3, 0.4) is 0 Å². The molecule has 1 atom stereocenters. The standard InChI is InChI=1S/C12H14O4/c13-6-2-1-3-10(14)9-4-5-11-12(7-9)16-8-15-11/h4-7,10,13H,1-3,8H2. The van der Waals surface area contributed by atoms with Crippen molar-refractivity contribution < 1.29 is 19.7 Å². The lowest BCUT2D eigenvalue weighted by molar-refractivity contribution is 0.0783. The van der Waals surface area contributed by atoms with Crippen molar-refractivity contribution in [2.75, 3.05) is 6.79 Å². The lowest BCUT2D eigenvalue weighted by atomic mass is 10.0. The van der Waals surface area contributed by atoms with E-state index in [-0.39, 0.29) is 6.79 Å². The number of hydrogen-bond acceptors (Lipinski definition) is 3. The molecule has 0 aliphatic carbocycles. The Kier molecular flexibility index (Phi) is 3.64. The van der Waals surface area contributed by atoms with Crippen molar-refractivity contribution in [2.24, 2.45) is 0 Å². The van der Waals surface area contributed by atoms with Crippen LogP contribution in [-0.2, 0) is 5.11 Å². The summed E-state index contributed by atoms with van der Waals surface area (Å²) in [4.78, 5) is 0. The largest absolute Gasteiger partial charge is 0.454 e. The molecule has 1 aromatic rings. The number of ether oxygens (including phenoxy) is 2. The van der Waals surface area contributed by atoms with Crippen LogP contribution in [0, 0.1) is 6.61 Å². The van der Waals surface area contributed by atoms with Crippen molar-refractivity contribution in [2.45, 2.75) is 25.4 Å². The van der Waals surface area contributed by atoms with Gasteiger partial charge in [-0.25, -0.2) is 5.11 Å². The van der Waals surface area contributed by atoms with Crippen LogP contribution in [0.5, 0.6) is 11.5 Å². The quantitative estimate of drug-likeness (QED) is 0.779. The fraction of sp³-hybridized carbons (Fsp3) is 0.417. The Labute approximate surface area is 94.4 Å². The van der Waals surface area contributed by atoms with Gasteiger partial charge < -0.3 is 14.6 Å². The first-order valence-corrected chi connectivity index (χ1v) is 5.32. The molecule has 0 amide bonds. The molecule has 0 saturated heterocycles. The average molecular weight is 222 g/mol. The molecule has 0 fully saturated rings. The van der Waals surface area contributed by atoms with E-state index < -0.39 is 6.10 Å². The topological polar surface area (TPSA) is 58.6 Å². The third-order valence-corrected chi connectivity index (χ3v) is 2.57. The SMILES string of the molecule is [O]C(CCC[CH]O)c1ccc2c(c1)OCO2. The van der Waals surface area contributed by atoms with E-state index in [0.717, 1.165) is 6.61 Å². The Hall–Kier alpha value is -1.26. The second kappa shape index (κ2) is 5.18. The van der Waals surface area contributed by atoms with E-state index in [9.17, 15) is 5.11 Å². The van der Waals surface area contributed by atoms with E-state index in [1.54, 1.807) is 18.2 Å². The maximum absolute atomic E-state index is 11.8. The van der Waals surface area contributed by atoms with Crippen LogP contribution in [-0.4, -0.2) is 11.9 Å². The molecule has 86 valence electrons. The molecule has 1 aliphatic heterocycles. The molecule has 1 unspecified atom stereocenters. The summed E-state index contributed by atoms with van der Waals surface area (Å²) < 4.78 is 10.4. The number of aliphatic hydroxyl groups is 1. The molecular weight excluding hydrogens is 208 g/mol. The van der Waals surface area contributed by atoms with Gasteiger partial charge in [0.2, 0.25) is 6.79 Å². The van der Waals surface area contributed by atoms with Gasteiger partial charge in [-0.15, -0.1) is 0 Å². The van der Waals surface area contributed by atoms with E-state index in [0.29, 0.717) is 36.3 Å². The van der Waals surface area contributed by atoms with Gasteiger partial charge in [0.1, 0.15) is 6.10 Å². The van der Waals surface area contributed by atoms with Crippen molar-refractivity contribution in [3.63, 3.8) is 0 Å². The van der Waals surface area contributed by atoms with Crippen LogP contribution in [0.1, 0.15) is 30.9 Å². The van der Waals surface area contributed by atoms with E-state index in [1.807, 2.05) is 0 Å². The summed E-state index contributed by atoms with van der Waals surface area (Å²) in [5, 5.41) is 20.3. The van der Waals surface area contributed by atoms with E-state index in [1.165, 1.54) is 0 Å². The fourth-order valence-corrected chi connectivity index (χ4v) is 1.67. The third-order valence-electron chi connectivity index (χ3n) is 2.57. The molecule has 4 nitrogen and oxygen atoms in total. The molecule has 2 rings (SSSR count). The first kappa shape index (κ1) is 11.2. The van der Waals surface area contributed by atoms with Gasteiger partial charge in [0.05, 0.1) is 6.61 Å². The van der Waals surface area contributed by atoms with Crippen molar-refractivity contribution >= 4 is 0 Å². The highest BCUT2D eigenvalue weighted by molar-refractivity contribution is 5.44. The van der Waals surface area contributed by atoms with E-state index in [4.69, 9.17) is 14.6 Å². The van der Waals surface area contributed by atoms with Gasteiger partial charge in [-0.1, -0.05) is 6.07 Å². The van der Waals surface area contributed by atoms with Crippen LogP contribution < -0.4 is 9.47 Å². The number of unbranched alkanes of at least 4 members (excludes halogenated alkanes) is 1. The number of fused-ring (bicyclic) bond motifs is 1. The van der Waals surface area contributed by atoms with Gasteiger partial charge in [0.15, 0.2) is 11.5 Å². The van der Waals surface area contributed by atoms with Crippen LogP contribution >= 0.6 is 0 Å². The summed E-state index contributed by atoms with van der Waals surface area (Å²) in [7, 11) is 0. The lowest BCUT2D eigenvalue weighted by Crippen LogP contribution is -1.96. The monoisotopic (exact) mass is 222 g/mol. The highest BCUT2D eigenvalue weighted by atomic mass is 16.7. The number of hydrogen-bond donors (Lipinski definition) is 1. The first-order chi connectivity index (χ1) is 7.81. The summed E-state index contributed by atoms with van der Waals surface area (Å²) in [5.74, 6) is 1.34. The average Bonchev–Trinajstić information content (AvgIpc) is 2.76. The Bertz CT molecular complexity index is 351. The van der Waals surface area contributed by atoms with Crippen molar-refractivity contribution in [3.05, 3.63) is 30.4 Å². The van der Waals surface area contributed by atoms with Crippen LogP contribution in [0.15, 0.2) is 18.2 Å². The number of aliphatic hydroxyl groups excluding tert-OH is 1. The molecule has 0 bridgehead atoms. The Morgan fingerprint density at radius 1 is 1.38 bits per heavy atom. The van der Waals surface area contributed by atoms with Crippen LogP contribution in [0.25, 0.3) is 0 Å². The zero-order chi connectivity index (χ0) is 11.4. The molecule has 2 radical (unpaired) electrons. The highest BCUT2D eigenvalue weighted by Gasteiger charge is 2.17. The Morgan fingerprint density at radius 3 is 3.00 bits per heavy atom. The lowest BCUT2D eigenvalue weighted by Gasteiger charge is -2.08. The molecule has 1 aliphatic rings. The van der Waals surface area contributed by atoms with Crippen molar-refractivity contribution in [3.8, 4) is 11.5 Å². The molecule has 4 heteroatoms. The molecule has 0 spiro atoms. The summed E-state index contributed by atoms with van der Waals surface area (Å²) in [6.45, 7) is 1.31. The summed E-state index contributed by atoms with van der Waals surface area (Å²) in [6, 6.07) is 5.28. The van der Waals surface area contributed by atoms with Crippen molar-refractivity contribution in [1.82, 2.24) is 0 Å². The third kappa shape index (κ3) is 2.46. The van der Waals surface area contributed by atoms with E-state index >= 15 is 0 Å². The van der Waals surface area contributed by atoms with Gasteiger partial charge >= 0.3 is 0 Å². The van der Waals surface area contributed by atoms with Gasteiger partial charge in [-0.3, -0.25) is 0 Å². The summed E-state index contributed by atoms with van der Waals surface area (Å²) in [5.41, 5.74) is 0.710. The van der Waals surface area contributed by atoms with E-state index in [2.05, 4.69) is 0 Å². The Morgan fingerprint density at radius 2 is 2.19 bits per heavy atom. The van der Waals surface area contributed by atoms with Crippen molar-refractivity contribution in [1.29, 1.82) is 0 Å². The van der Waals surface area contributed by atoms with Crippen LogP contribution in [0.4, 0.5) is 0 Å². The minimum atomic E-state index is -0.769. The second-order valence-electron chi connectivity index (χ2n) is 3.71. The Balaban J connectivity index is 1.98. The van der Waals surface area contributed by atoms with Gasteiger partial charge in [0, 0.05) is 0 Å². The molecule has 1 aromatic carbocycles. The number of benzene rings is 1. The number of rotatable bonds is 5. The fourth-order valence-electron chi connectivity index (χ4n) is 1.67. The summed E-state index contributed by atoms with van der Waals surface area (Å²) in [6.07, 6.45) is 0.994. The molecule has 1 heterocycles. The minimum absolute atomic E-state index is 0.224. The van der Waals surface area contributed by atoms with Crippen LogP contribution in [0.2, 0.25) is 0 Å². The molecule has 16 heavy (non-hydrogen) atoms. The summed E-state index contributed by atoms with van der Waals surface area (Å²) >= 11 is 0. The highest BCUT2D eigenvalue weighted by Crippen LogP contribution is 2.35. The molecular formula is C12H14O4. The first-order valence-electron chi connectivity index (χ1n) is 5.32. The van der Waals surface area contributed by atoms with Gasteiger partial charge in [-0.05, 0) is 37.0 Å². The maximum atomic E-state index is 11.8. The molecule has 1 N–H and O–H groups in total. The predicted molar refractivity (Wildman–Crippen MR) is 56.1 cm³/mol. The zero-order valence-corrected chi connectivity index (χ0v) is 8.89. The predicted octanol–water partition coefficient (Wildman–Crippen LogP) is 2.59.